The lowest BCUT2D eigenvalue weighted by Gasteiger charge is -2.41. The summed E-state index contributed by atoms with van der Waals surface area (Å²) in [6.07, 6.45) is 9.10. The van der Waals surface area contributed by atoms with Crippen LogP contribution in [0.4, 0.5) is 0 Å². The Balaban J connectivity index is 1.44. The van der Waals surface area contributed by atoms with Crippen LogP contribution in [-0.4, -0.2) is 93.5 Å². The summed E-state index contributed by atoms with van der Waals surface area (Å²) in [6, 6.07) is 7.71. The van der Waals surface area contributed by atoms with Gasteiger partial charge in [-0.2, -0.15) is 0 Å². The third-order valence-electron chi connectivity index (χ3n) is 9.99. The maximum atomic E-state index is 14.6. The summed E-state index contributed by atoms with van der Waals surface area (Å²) in [5, 5.41) is 12.8. The van der Waals surface area contributed by atoms with Gasteiger partial charge < -0.3 is 29.7 Å². The number of carbonyl (C=O) groups excluding carboxylic acids is 4. The van der Waals surface area contributed by atoms with Crippen molar-refractivity contribution in [1.82, 2.24) is 15.1 Å². The van der Waals surface area contributed by atoms with Crippen LogP contribution in [-0.2, 0) is 28.7 Å². The first-order valence-corrected chi connectivity index (χ1v) is 17.4. The quantitative estimate of drug-likeness (QED) is 0.162. The molecule has 3 aliphatic heterocycles. The molecule has 7 atom stereocenters. The Morgan fingerprint density at radius 3 is 2.59 bits per heavy atom. The molecule has 3 amide bonds. The van der Waals surface area contributed by atoms with Crippen LogP contribution in [0.1, 0.15) is 69.4 Å². The zero-order valence-corrected chi connectivity index (χ0v) is 27.9. The van der Waals surface area contributed by atoms with Gasteiger partial charge in [-0.25, -0.2) is 0 Å². The van der Waals surface area contributed by atoms with E-state index in [0.29, 0.717) is 25.8 Å². The third-order valence-corrected chi connectivity index (χ3v) is 10.8. The average Bonchev–Trinajstić information content (AvgIpc) is 3.66. The lowest BCUT2D eigenvalue weighted by atomic mass is 9.70. The Labute approximate surface area is 279 Å². The zero-order chi connectivity index (χ0) is 32.8. The number of rotatable bonds is 15. The number of likely N-dealkylation sites (tertiary alicyclic amines) is 1. The summed E-state index contributed by atoms with van der Waals surface area (Å²) in [6.45, 7) is 7.87. The Morgan fingerprint density at radius 1 is 1.17 bits per heavy atom. The van der Waals surface area contributed by atoms with E-state index in [1.54, 1.807) is 17.1 Å². The van der Waals surface area contributed by atoms with Gasteiger partial charge in [0.2, 0.25) is 17.7 Å². The summed E-state index contributed by atoms with van der Waals surface area (Å²) in [7, 11) is 0. The standard InChI is InChI=1S/C35H46BrN3O7/c1-3-5-17-27(41)45-22-26(23-13-8-6-9-14-23)37-32(42)28-29-33(43)39(19-12-20-40)31(35(29)21-25(36)30(28)46-35)34(44)38(18-4-2)24-15-10-7-11-16-24/h3-4,6,8-9,13-14,24-26,28-31,40H,1-2,5,7,10-12,15-22H2,(H,37,42)/t25?,26-,28+,29-,30+,31+,35-/m1/s1. The summed E-state index contributed by atoms with van der Waals surface area (Å²) < 4.78 is 12.2. The number of nitrogens with one attached hydrogen (secondary N) is 1. The number of fused-ring (bicyclic) bond motifs is 1. The first-order valence-electron chi connectivity index (χ1n) is 16.5. The van der Waals surface area contributed by atoms with E-state index in [4.69, 9.17) is 9.47 Å². The molecule has 2 bridgehead atoms. The zero-order valence-electron chi connectivity index (χ0n) is 26.4. The number of esters is 1. The first-order chi connectivity index (χ1) is 22.3. The van der Waals surface area contributed by atoms with Gasteiger partial charge in [0.15, 0.2) is 0 Å². The molecule has 4 fully saturated rings. The molecule has 1 aromatic rings. The predicted octanol–water partition coefficient (Wildman–Crippen LogP) is 3.83. The molecule has 3 saturated heterocycles. The molecule has 1 aromatic carbocycles. The Morgan fingerprint density at radius 2 is 1.91 bits per heavy atom. The lowest BCUT2D eigenvalue weighted by molar-refractivity contribution is -0.150. The van der Waals surface area contributed by atoms with E-state index in [9.17, 15) is 24.3 Å². The van der Waals surface area contributed by atoms with Crippen molar-refractivity contribution >= 4 is 39.6 Å². The van der Waals surface area contributed by atoms with Crippen LogP contribution in [0.25, 0.3) is 0 Å². The van der Waals surface area contributed by atoms with Gasteiger partial charge in [-0.05, 0) is 37.7 Å². The minimum absolute atomic E-state index is 0.0442. The van der Waals surface area contributed by atoms with Crippen LogP contribution in [0.2, 0.25) is 0 Å². The molecule has 1 spiro atoms. The van der Waals surface area contributed by atoms with Crippen LogP contribution in [0, 0.1) is 11.8 Å². The van der Waals surface area contributed by atoms with Crippen LogP contribution >= 0.6 is 15.9 Å². The molecular weight excluding hydrogens is 654 g/mol. The monoisotopic (exact) mass is 699 g/mol. The highest BCUT2D eigenvalue weighted by atomic mass is 79.9. The van der Waals surface area contributed by atoms with Gasteiger partial charge in [0.05, 0.1) is 24.0 Å². The van der Waals surface area contributed by atoms with Crippen molar-refractivity contribution in [3.63, 3.8) is 0 Å². The SMILES string of the molecule is C=CCCC(=O)OC[C@@H](NC(=O)[C@@H]1[C@H]2O[C@@]3(CC2Br)[C@H](C(=O)N(CC=C)C2CCCCC2)N(CCCO)C(=O)[C@@H]13)c1ccccc1. The third kappa shape index (κ3) is 6.69. The van der Waals surface area contributed by atoms with Crippen molar-refractivity contribution in [1.29, 1.82) is 0 Å². The van der Waals surface area contributed by atoms with E-state index in [1.165, 1.54) is 0 Å². The smallest absolute Gasteiger partial charge is 0.306 e. The number of amides is 3. The van der Waals surface area contributed by atoms with Crippen molar-refractivity contribution in [2.75, 3.05) is 26.3 Å². The molecular formula is C35H46BrN3O7. The Hall–Kier alpha value is -3.02. The molecule has 1 aliphatic carbocycles. The average molecular weight is 701 g/mol. The molecule has 10 nitrogen and oxygen atoms in total. The largest absolute Gasteiger partial charge is 0.463 e. The number of ether oxygens (including phenoxy) is 2. The van der Waals surface area contributed by atoms with Crippen LogP contribution in [0.5, 0.6) is 0 Å². The molecule has 0 radical (unpaired) electrons. The number of allylic oxidation sites excluding steroid dienone is 1. The Bertz CT molecular complexity index is 1290. The highest BCUT2D eigenvalue weighted by Gasteiger charge is 2.76. The molecule has 2 N–H and O–H groups in total. The van der Waals surface area contributed by atoms with Crippen molar-refractivity contribution in [3.05, 3.63) is 61.2 Å². The number of nitrogens with zero attached hydrogens (tertiary/aromatic N) is 2. The second kappa shape index (κ2) is 15.3. The topological polar surface area (TPSA) is 125 Å². The number of aliphatic hydroxyl groups excluding tert-OH is 1. The molecule has 11 heteroatoms. The van der Waals surface area contributed by atoms with Gasteiger partial charge in [-0.1, -0.05) is 77.7 Å². The molecule has 3 heterocycles. The fraction of sp³-hybridized carbons (Fsp3) is 0.600. The van der Waals surface area contributed by atoms with E-state index in [2.05, 4.69) is 34.4 Å². The van der Waals surface area contributed by atoms with E-state index in [1.807, 2.05) is 35.2 Å². The predicted molar refractivity (Wildman–Crippen MR) is 176 cm³/mol. The number of carbonyl (C=O) groups is 4. The minimum Gasteiger partial charge on any atom is -0.463 e. The molecule has 1 saturated carbocycles. The molecule has 0 aromatic heterocycles. The summed E-state index contributed by atoms with van der Waals surface area (Å²) >= 11 is 3.74. The summed E-state index contributed by atoms with van der Waals surface area (Å²) in [4.78, 5) is 58.7. The number of hydrogen-bond donors (Lipinski definition) is 2. The molecule has 1 unspecified atom stereocenters. The normalized spacial score (nSPS) is 29.2. The molecule has 46 heavy (non-hydrogen) atoms. The van der Waals surface area contributed by atoms with Crippen LogP contribution < -0.4 is 5.32 Å². The number of aliphatic hydroxyl groups is 1. The highest BCUT2D eigenvalue weighted by Crippen LogP contribution is 2.60. The van der Waals surface area contributed by atoms with Crippen molar-refractivity contribution in [3.8, 4) is 0 Å². The summed E-state index contributed by atoms with van der Waals surface area (Å²) in [5.74, 6) is -3.02. The maximum absolute atomic E-state index is 14.6. The van der Waals surface area contributed by atoms with Gasteiger partial charge in [0.1, 0.15) is 18.2 Å². The van der Waals surface area contributed by atoms with E-state index in [0.717, 1.165) is 37.7 Å². The Kier molecular flexibility index (Phi) is 11.4. The maximum Gasteiger partial charge on any atom is 0.306 e. The second-order valence-corrected chi connectivity index (χ2v) is 14.0. The van der Waals surface area contributed by atoms with Gasteiger partial charge in [-0.3, -0.25) is 19.2 Å². The van der Waals surface area contributed by atoms with Gasteiger partial charge >= 0.3 is 5.97 Å². The van der Waals surface area contributed by atoms with Crippen LogP contribution in [0.15, 0.2) is 55.6 Å². The van der Waals surface area contributed by atoms with Gasteiger partial charge in [0.25, 0.3) is 0 Å². The first kappa shape index (κ1) is 34.3. The highest BCUT2D eigenvalue weighted by molar-refractivity contribution is 9.09. The van der Waals surface area contributed by atoms with E-state index in [-0.39, 0.29) is 48.9 Å². The molecule has 4 aliphatic rings. The van der Waals surface area contributed by atoms with Crippen molar-refractivity contribution in [2.24, 2.45) is 11.8 Å². The fourth-order valence-corrected chi connectivity index (χ4v) is 8.88. The number of benzene rings is 1. The van der Waals surface area contributed by atoms with E-state index < -0.39 is 47.5 Å². The van der Waals surface area contributed by atoms with Gasteiger partial charge in [0, 0.05) is 37.0 Å². The second-order valence-electron chi connectivity index (χ2n) is 12.8. The lowest BCUT2D eigenvalue weighted by Crippen LogP contribution is -2.59. The van der Waals surface area contributed by atoms with Gasteiger partial charge in [-0.15, -0.1) is 13.2 Å². The number of alkyl halides is 1. The summed E-state index contributed by atoms with van der Waals surface area (Å²) in [5.41, 5.74) is -0.442. The molecule has 250 valence electrons. The minimum atomic E-state index is -1.20. The van der Waals surface area contributed by atoms with Crippen molar-refractivity contribution < 1.29 is 33.8 Å². The number of halogens is 1. The van der Waals surface area contributed by atoms with E-state index >= 15 is 0 Å². The fourth-order valence-electron chi connectivity index (χ4n) is 7.94. The van der Waals surface area contributed by atoms with Crippen molar-refractivity contribution in [2.45, 2.75) is 92.4 Å². The number of hydrogen-bond acceptors (Lipinski definition) is 7. The molecule has 5 rings (SSSR count). The van der Waals surface area contributed by atoms with Crippen LogP contribution in [0.3, 0.4) is 0 Å².